The summed E-state index contributed by atoms with van der Waals surface area (Å²) >= 11 is 0. The number of hydrogen-bond acceptors (Lipinski definition) is 3. The zero-order valence-electron chi connectivity index (χ0n) is 13.6. The van der Waals surface area contributed by atoms with Crippen molar-refractivity contribution in [2.45, 2.75) is 70.9 Å². The SMILES string of the molecule is COC1CCCC(OCc2cccc(CNC(C)C)c2)C1. The molecule has 1 aliphatic rings. The van der Waals surface area contributed by atoms with Gasteiger partial charge < -0.3 is 14.8 Å². The lowest BCUT2D eigenvalue weighted by Gasteiger charge is -2.28. The quantitative estimate of drug-likeness (QED) is 0.831. The van der Waals surface area contributed by atoms with Crippen molar-refractivity contribution >= 4 is 0 Å². The molecule has 0 heterocycles. The zero-order valence-corrected chi connectivity index (χ0v) is 13.6. The zero-order chi connectivity index (χ0) is 15.1. The van der Waals surface area contributed by atoms with Gasteiger partial charge in [0.25, 0.3) is 0 Å². The van der Waals surface area contributed by atoms with Gasteiger partial charge in [-0.15, -0.1) is 0 Å². The van der Waals surface area contributed by atoms with Gasteiger partial charge in [-0.2, -0.15) is 0 Å². The topological polar surface area (TPSA) is 30.5 Å². The molecule has 3 nitrogen and oxygen atoms in total. The molecule has 2 unspecified atom stereocenters. The molecule has 0 spiro atoms. The molecule has 1 aromatic carbocycles. The highest BCUT2D eigenvalue weighted by atomic mass is 16.5. The Morgan fingerprint density at radius 1 is 1.19 bits per heavy atom. The fourth-order valence-electron chi connectivity index (χ4n) is 2.83. The molecule has 1 N–H and O–H groups in total. The highest BCUT2D eigenvalue weighted by Gasteiger charge is 2.22. The van der Waals surface area contributed by atoms with Crippen LogP contribution in [-0.4, -0.2) is 25.4 Å². The smallest absolute Gasteiger partial charge is 0.0720 e. The maximum atomic E-state index is 6.08. The van der Waals surface area contributed by atoms with Crippen LogP contribution < -0.4 is 5.32 Å². The van der Waals surface area contributed by atoms with Gasteiger partial charge in [-0.1, -0.05) is 38.1 Å². The summed E-state index contributed by atoms with van der Waals surface area (Å²) in [5.41, 5.74) is 2.58. The van der Waals surface area contributed by atoms with E-state index >= 15 is 0 Å². The molecule has 1 aliphatic carbocycles. The third-order valence-electron chi connectivity index (χ3n) is 4.10. The first kappa shape index (κ1) is 16.5. The average Bonchev–Trinajstić information content (AvgIpc) is 2.51. The lowest BCUT2D eigenvalue weighted by Crippen LogP contribution is -2.27. The molecule has 1 aromatic rings. The van der Waals surface area contributed by atoms with Crippen LogP contribution in [0.2, 0.25) is 0 Å². The molecule has 2 atom stereocenters. The van der Waals surface area contributed by atoms with Gasteiger partial charge in [0.2, 0.25) is 0 Å². The van der Waals surface area contributed by atoms with Crippen LogP contribution in [-0.2, 0) is 22.6 Å². The first-order chi connectivity index (χ1) is 10.2. The second-order valence-electron chi connectivity index (χ2n) is 6.31. The van der Waals surface area contributed by atoms with Crippen molar-refractivity contribution in [1.82, 2.24) is 5.32 Å². The maximum absolute atomic E-state index is 6.08. The van der Waals surface area contributed by atoms with E-state index in [9.17, 15) is 0 Å². The predicted octanol–water partition coefficient (Wildman–Crippen LogP) is 3.66. The summed E-state index contributed by atoms with van der Waals surface area (Å²) in [5.74, 6) is 0. The number of ether oxygens (including phenoxy) is 2. The van der Waals surface area contributed by atoms with Gasteiger partial charge >= 0.3 is 0 Å². The molecule has 0 aromatic heterocycles. The Balaban J connectivity index is 1.81. The Kier molecular flexibility index (Phi) is 6.68. The van der Waals surface area contributed by atoms with Gasteiger partial charge in [-0.25, -0.2) is 0 Å². The molecule has 3 heteroatoms. The van der Waals surface area contributed by atoms with Crippen LogP contribution in [0.3, 0.4) is 0 Å². The highest BCUT2D eigenvalue weighted by molar-refractivity contribution is 5.22. The van der Waals surface area contributed by atoms with Crippen molar-refractivity contribution in [3.8, 4) is 0 Å². The standard InChI is InChI=1S/C18H29NO2/c1-14(2)19-12-15-6-4-7-16(10-15)13-21-18-9-5-8-17(11-18)20-3/h4,6-7,10,14,17-19H,5,8-9,11-13H2,1-3H3. The first-order valence-corrected chi connectivity index (χ1v) is 8.13. The van der Waals surface area contributed by atoms with E-state index in [1.807, 2.05) is 0 Å². The average molecular weight is 291 g/mol. The van der Waals surface area contributed by atoms with E-state index in [4.69, 9.17) is 9.47 Å². The summed E-state index contributed by atoms with van der Waals surface area (Å²) in [5, 5.41) is 3.45. The number of hydrogen-bond donors (Lipinski definition) is 1. The van der Waals surface area contributed by atoms with Gasteiger partial charge in [-0.3, -0.25) is 0 Å². The molecule has 0 aliphatic heterocycles. The lowest BCUT2D eigenvalue weighted by atomic mass is 9.95. The van der Waals surface area contributed by atoms with E-state index in [1.165, 1.54) is 24.0 Å². The van der Waals surface area contributed by atoms with Gasteiger partial charge in [-0.05, 0) is 36.8 Å². The fourth-order valence-corrected chi connectivity index (χ4v) is 2.83. The minimum Gasteiger partial charge on any atom is -0.381 e. The normalized spacial score (nSPS) is 22.7. The Labute approximate surface area is 129 Å². The Bertz CT molecular complexity index is 419. The van der Waals surface area contributed by atoms with Gasteiger partial charge in [0.1, 0.15) is 0 Å². The molecule has 1 fully saturated rings. The summed E-state index contributed by atoms with van der Waals surface area (Å²) in [6, 6.07) is 9.19. The number of nitrogens with one attached hydrogen (secondary N) is 1. The van der Waals surface area contributed by atoms with E-state index in [0.29, 0.717) is 24.9 Å². The molecule has 0 saturated heterocycles. The minimum absolute atomic E-state index is 0.348. The van der Waals surface area contributed by atoms with E-state index < -0.39 is 0 Å². The monoisotopic (exact) mass is 291 g/mol. The summed E-state index contributed by atoms with van der Waals surface area (Å²) < 4.78 is 11.5. The number of methoxy groups -OCH3 is 1. The molecular formula is C18H29NO2. The second-order valence-corrected chi connectivity index (χ2v) is 6.31. The molecule has 0 radical (unpaired) electrons. The van der Waals surface area contributed by atoms with Gasteiger partial charge in [0.15, 0.2) is 0 Å². The van der Waals surface area contributed by atoms with Crippen molar-refractivity contribution in [1.29, 1.82) is 0 Å². The van der Waals surface area contributed by atoms with Gasteiger partial charge in [0, 0.05) is 19.7 Å². The van der Waals surface area contributed by atoms with Gasteiger partial charge in [0.05, 0.1) is 18.8 Å². The van der Waals surface area contributed by atoms with Crippen LogP contribution in [0.5, 0.6) is 0 Å². The molecule has 0 amide bonds. The Morgan fingerprint density at radius 3 is 2.71 bits per heavy atom. The molecular weight excluding hydrogens is 262 g/mol. The van der Waals surface area contributed by atoms with Crippen molar-refractivity contribution in [3.05, 3.63) is 35.4 Å². The summed E-state index contributed by atoms with van der Waals surface area (Å²) in [7, 11) is 1.80. The lowest BCUT2D eigenvalue weighted by molar-refractivity contribution is -0.0363. The van der Waals surface area contributed by atoms with Crippen LogP contribution in [0.4, 0.5) is 0 Å². The summed E-state index contributed by atoms with van der Waals surface area (Å²) in [4.78, 5) is 0. The van der Waals surface area contributed by atoms with E-state index in [0.717, 1.165) is 19.4 Å². The fraction of sp³-hybridized carbons (Fsp3) is 0.667. The molecule has 118 valence electrons. The number of benzene rings is 1. The third kappa shape index (κ3) is 5.77. The van der Waals surface area contributed by atoms with Crippen molar-refractivity contribution in [2.24, 2.45) is 0 Å². The second kappa shape index (κ2) is 8.52. The van der Waals surface area contributed by atoms with Crippen LogP contribution >= 0.6 is 0 Å². The van der Waals surface area contributed by atoms with E-state index in [-0.39, 0.29) is 0 Å². The van der Waals surface area contributed by atoms with Crippen molar-refractivity contribution in [2.75, 3.05) is 7.11 Å². The summed E-state index contributed by atoms with van der Waals surface area (Å²) in [6.07, 6.45) is 5.31. The minimum atomic E-state index is 0.348. The summed E-state index contributed by atoms with van der Waals surface area (Å²) in [6.45, 7) is 5.96. The Hall–Kier alpha value is -0.900. The third-order valence-corrected chi connectivity index (χ3v) is 4.10. The number of rotatable bonds is 7. The van der Waals surface area contributed by atoms with Crippen LogP contribution in [0.25, 0.3) is 0 Å². The molecule has 2 rings (SSSR count). The maximum Gasteiger partial charge on any atom is 0.0720 e. The molecule has 1 saturated carbocycles. The largest absolute Gasteiger partial charge is 0.381 e. The van der Waals surface area contributed by atoms with Crippen molar-refractivity contribution < 1.29 is 9.47 Å². The van der Waals surface area contributed by atoms with E-state index in [1.54, 1.807) is 7.11 Å². The molecule has 0 bridgehead atoms. The van der Waals surface area contributed by atoms with Crippen LogP contribution in [0, 0.1) is 0 Å². The van der Waals surface area contributed by atoms with Crippen LogP contribution in [0.1, 0.15) is 50.7 Å². The predicted molar refractivity (Wildman–Crippen MR) is 86.3 cm³/mol. The first-order valence-electron chi connectivity index (χ1n) is 8.13. The molecule has 21 heavy (non-hydrogen) atoms. The Morgan fingerprint density at radius 2 is 1.95 bits per heavy atom. The van der Waals surface area contributed by atoms with Crippen molar-refractivity contribution in [3.63, 3.8) is 0 Å². The van der Waals surface area contributed by atoms with E-state index in [2.05, 4.69) is 43.4 Å². The highest BCUT2D eigenvalue weighted by Crippen LogP contribution is 2.24. The van der Waals surface area contributed by atoms with Crippen LogP contribution in [0.15, 0.2) is 24.3 Å².